The number of nitrogens with one attached hydrogen (secondary N) is 1. The van der Waals surface area contributed by atoms with Crippen molar-refractivity contribution < 1.29 is 15.0 Å². The normalized spacial score (nSPS) is 20.5. The van der Waals surface area contributed by atoms with E-state index in [4.69, 9.17) is 0 Å². The van der Waals surface area contributed by atoms with Crippen LogP contribution in [0.2, 0.25) is 0 Å². The molecule has 0 unspecified atom stereocenters. The second kappa shape index (κ2) is 10.4. The molecular weight excluding hydrogens is 408 g/mol. The van der Waals surface area contributed by atoms with Crippen LogP contribution in [0.3, 0.4) is 0 Å². The minimum absolute atomic E-state index is 0.0207. The number of hydrogen-bond acceptors (Lipinski definition) is 6. The van der Waals surface area contributed by atoms with Gasteiger partial charge in [-0.1, -0.05) is 44.2 Å². The summed E-state index contributed by atoms with van der Waals surface area (Å²) in [6.45, 7) is 1.31. The van der Waals surface area contributed by atoms with Gasteiger partial charge in [-0.05, 0) is 37.8 Å². The number of piperidine rings is 1. The third-order valence-corrected chi connectivity index (χ3v) is 7.04. The molecular formula is C24H34N4O4. The SMILES string of the molecule is O=C(O)[C@H](CO)Nc1nc2ccccc2n(C2CCN(C3CCCCCCC3)CC2)c1=O. The smallest absolute Gasteiger partial charge is 0.328 e. The van der Waals surface area contributed by atoms with Crippen LogP contribution in [0.1, 0.15) is 63.8 Å². The van der Waals surface area contributed by atoms with E-state index in [0.29, 0.717) is 11.6 Å². The highest BCUT2D eigenvalue weighted by molar-refractivity contribution is 5.79. The van der Waals surface area contributed by atoms with Crippen LogP contribution in [0.15, 0.2) is 29.1 Å². The number of benzene rings is 1. The number of carbonyl (C=O) groups is 1. The number of carboxylic acids is 1. The Labute approximate surface area is 188 Å². The first kappa shape index (κ1) is 22.7. The van der Waals surface area contributed by atoms with Crippen LogP contribution in [0.5, 0.6) is 0 Å². The van der Waals surface area contributed by atoms with Gasteiger partial charge in [0, 0.05) is 25.2 Å². The van der Waals surface area contributed by atoms with E-state index in [1.165, 1.54) is 44.9 Å². The molecule has 1 atom stereocenters. The molecule has 3 N–H and O–H groups in total. The third-order valence-electron chi connectivity index (χ3n) is 7.04. The molecule has 0 bridgehead atoms. The van der Waals surface area contributed by atoms with Gasteiger partial charge in [0.15, 0.2) is 5.82 Å². The number of likely N-dealkylation sites (tertiary alicyclic amines) is 1. The first-order chi connectivity index (χ1) is 15.6. The van der Waals surface area contributed by atoms with Gasteiger partial charge in [0.1, 0.15) is 6.04 Å². The number of aliphatic hydroxyl groups excluding tert-OH is 1. The van der Waals surface area contributed by atoms with Gasteiger partial charge in [0.2, 0.25) is 0 Å². The summed E-state index contributed by atoms with van der Waals surface area (Å²) in [6, 6.07) is 6.89. The van der Waals surface area contributed by atoms with Gasteiger partial charge >= 0.3 is 5.97 Å². The number of anilines is 1. The summed E-state index contributed by atoms with van der Waals surface area (Å²) in [7, 11) is 0. The van der Waals surface area contributed by atoms with E-state index < -0.39 is 18.6 Å². The molecule has 2 aliphatic rings. The van der Waals surface area contributed by atoms with Crippen molar-refractivity contribution in [3.8, 4) is 0 Å². The van der Waals surface area contributed by atoms with Crippen molar-refractivity contribution in [2.24, 2.45) is 0 Å². The summed E-state index contributed by atoms with van der Waals surface area (Å²) in [6.07, 6.45) is 11.0. The number of nitrogens with zero attached hydrogens (tertiary/aromatic N) is 3. The summed E-state index contributed by atoms with van der Waals surface area (Å²) in [5, 5.41) is 21.3. The fourth-order valence-electron chi connectivity index (χ4n) is 5.27. The van der Waals surface area contributed by atoms with Crippen molar-refractivity contribution in [3.63, 3.8) is 0 Å². The molecule has 8 nitrogen and oxygen atoms in total. The quantitative estimate of drug-likeness (QED) is 0.631. The number of aromatic nitrogens is 2. The maximum atomic E-state index is 13.4. The Hall–Kier alpha value is -2.45. The molecule has 1 aliphatic heterocycles. The maximum absolute atomic E-state index is 13.4. The summed E-state index contributed by atoms with van der Waals surface area (Å²) in [5.74, 6) is -1.24. The Bertz CT molecular complexity index is 976. The predicted molar refractivity (Wildman–Crippen MR) is 124 cm³/mol. The standard InChI is InChI=1S/C24H34N4O4/c29-16-20(24(31)32)26-22-23(30)28(21-11-7-6-10-19(21)25-22)18-12-14-27(15-13-18)17-8-4-2-1-3-5-9-17/h6-7,10-11,17-18,20,29H,1-5,8-9,12-16H2,(H,25,26)(H,31,32)/t20-/m0/s1. The van der Waals surface area contributed by atoms with Crippen molar-refractivity contribution >= 4 is 22.8 Å². The van der Waals surface area contributed by atoms with Crippen LogP contribution in [0.25, 0.3) is 11.0 Å². The lowest BCUT2D eigenvalue weighted by atomic mass is 9.93. The molecule has 32 heavy (non-hydrogen) atoms. The Kier molecular flexibility index (Phi) is 7.42. The van der Waals surface area contributed by atoms with E-state index in [-0.39, 0.29) is 17.4 Å². The van der Waals surface area contributed by atoms with E-state index in [2.05, 4.69) is 15.2 Å². The van der Waals surface area contributed by atoms with Crippen molar-refractivity contribution in [2.45, 2.75) is 75.9 Å². The number of fused-ring (bicyclic) bond motifs is 1. The first-order valence-corrected chi connectivity index (χ1v) is 11.9. The zero-order chi connectivity index (χ0) is 22.5. The largest absolute Gasteiger partial charge is 0.480 e. The van der Waals surface area contributed by atoms with Gasteiger partial charge in [0.05, 0.1) is 17.6 Å². The summed E-state index contributed by atoms with van der Waals surface area (Å²) < 4.78 is 1.79. The fraction of sp³-hybridized carbons (Fsp3) is 0.625. The molecule has 1 aromatic heterocycles. The Morgan fingerprint density at radius 3 is 2.34 bits per heavy atom. The predicted octanol–water partition coefficient (Wildman–Crippen LogP) is 3.00. The van der Waals surface area contributed by atoms with E-state index in [1.807, 2.05) is 24.3 Å². The van der Waals surface area contributed by atoms with E-state index in [1.54, 1.807) is 4.57 Å². The lowest BCUT2D eigenvalue weighted by Crippen LogP contribution is -2.44. The van der Waals surface area contributed by atoms with Crippen LogP contribution in [0, 0.1) is 0 Å². The minimum atomic E-state index is -1.27. The van der Waals surface area contributed by atoms with Crippen molar-refractivity contribution in [1.82, 2.24) is 14.5 Å². The molecule has 2 fully saturated rings. The third kappa shape index (κ3) is 4.96. The molecule has 4 rings (SSSR count). The number of rotatable bonds is 6. The zero-order valence-corrected chi connectivity index (χ0v) is 18.6. The molecule has 1 aromatic carbocycles. The molecule has 2 aromatic rings. The molecule has 0 spiro atoms. The highest BCUT2D eigenvalue weighted by Gasteiger charge is 2.28. The zero-order valence-electron chi connectivity index (χ0n) is 18.6. The molecule has 1 aliphatic carbocycles. The molecule has 0 amide bonds. The summed E-state index contributed by atoms with van der Waals surface area (Å²) >= 11 is 0. The second-order valence-corrected chi connectivity index (χ2v) is 9.11. The van der Waals surface area contributed by atoms with Crippen molar-refractivity contribution in [3.05, 3.63) is 34.6 Å². The van der Waals surface area contributed by atoms with Crippen molar-refractivity contribution in [1.29, 1.82) is 0 Å². The Balaban J connectivity index is 1.58. The molecule has 2 heterocycles. The van der Waals surface area contributed by atoms with Crippen LogP contribution < -0.4 is 10.9 Å². The van der Waals surface area contributed by atoms with E-state index >= 15 is 0 Å². The first-order valence-electron chi connectivity index (χ1n) is 11.9. The monoisotopic (exact) mass is 442 g/mol. The lowest BCUT2D eigenvalue weighted by Gasteiger charge is -2.39. The van der Waals surface area contributed by atoms with Gasteiger partial charge in [-0.25, -0.2) is 9.78 Å². The number of hydrogen-bond donors (Lipinski definition) is 3. The van der Waals surface area contributed by atoms with Crippen LogP contribution in [-0.4, -0.2) is 62.4 Å². The summed E-state index contributed by atoms with van der Waals surface area (Å²) in [4.78, 5) is 31.7. The second-order valence-electron chi connectivity index (χ2n) is 9.11. The molecule has 1 saturated carbocycles. The lowest BCUT2D eigenvalue weighted by molar-refractivity contribution is -0.138. The number of aliphatic hydroxyl groups is 1. The molecule has 1 saturated heterocycles. The van der Waals surface area contributed by atoms with Crippen LogP contribution in [-0.2, 0) is 4.79 Å². The van der Waals surface area contributed by atoms with Gasteiger partial charge < -0.3 is 25.0 Å². The Morgan fingerprint density at radius 1 is 1.03 bits per heavy atom. The Morgan fingerprint density at radius 2 is 1.69 bits per heavy atom. The van der Waals surface area contributed by atoms with Gasteiger partial charge in [-0.2, -0.15) is 0 Å². The number of para-hydroxylation sites is 2. The summed E-state index contributed by atoms with van der Waals surface area (Å²) in [5.41, 5.74) is 1.08. The number of aliphatic carboxylic acids is 1. The molecule has 0 radical (unpaired) electrons. The van der Waals surface area contributed by atoms with Crippen LogP contribution in [0.4, 0.5) is 5.82 Å². The van der Waals surface area contributed by atoms with Gasteiger partial charge in [0.25, 0.3) is 5.56 Å². The van der Waals surface area contributed by atoms with Gasteiger partial charge in [-0.15, -0.1) is 0 Å². The highest BCUT2D eigenvalue weighted by Crippen LogP contribution is 2.29. The molecule has 8 heteroatoms. The van der Waals surface area contributed by atoms with E-state index in [0.717, 1.165) is 31.4 Å². The molecule has 174 valence electrons. The average Bonchev–Trinajstić information content (AvgIpc) is 2.77. The fourth-order valence-corrected chi connectivity index (χ4v) is 5.27. The van der Waals surface area contributed by atoms with Crippen LogP contribution >= 0.6 is 0 Å². The topological polar surface area (TPSA) is 108 Å². The van der Waals surface area contributed by atoms with Gasteiger partial charge in [-0.3, -0.25) is 4.79 Å². The maximum Gasteiger partial charge on any atom is 0.328 e. The highest BCUT2D eigenvalue weighted by atomic mass is 16.4. The van der Waals surface area contributed by atoms with E-state index in [9.17, 15) is 19.8 Å². The number of carboxylic acid groups (broad SMARTS) is 1. The minimum Gasteiger partial charge on any atom is -0.480 e. The van der Waals surface area contributed by atoms with Crippen molar-refractivity contribution in [2.75, 3.05) is 25.0 Å². The average molecular weight is 443 g/mol.